The Hall–Kier alpha value is -0.120. The molecule has 2 N–H and O–H groups in total. The van der Waals surface area contributed by atoms with E-state index in [1.807, 2.05) is 0 Å². The quantitative estimate of drug-likeness (QED) is 0.277. The number of epoxide rings is 1. The molecule has 5 heavy (non-hydrogen) atoms. The summed E-state index contributed by atoms with van der Waals surface area (Å²) in [6, 6.07) is 0. The molecule has 1 heterocycles. The van der Waals surface area contributed by atoms with E-state index >= 15 is 0 Å². The molecule has 0 unspecified atom stereocenters. The third kappa shape index (κ3) is 0.576. The zero-order chi connectivity index (χ0) is 3.91. The topological polar surface area (TPSA) is 53.0 Å². The second kappa shape index (κ2) is 0.518. The summed E-state index contributed by atoms with van der Waals surface area (Å²) in [5, 5.41) is 15.9. The third-order valence-electron chi connectivity index (χ3n) is 0.403. The summed E-state index contributed by atoms with van der Waals surface area (Å²) in [5.74, 6) is -1.75. The first-order chi connectivity index (χ1) is 2.21. The molecule has 1 fully saturated rings. The first-order valence-corrected chi connectivity index (χ1v) is 1.29. The van der Waals surface area contributed by atoms with Gasteiger partial charge in [0.05, 0.1) is 0 Å². The van der Waals surface area contributed by atoms with Crippen molar-refractivity contribution in [1.29, 1.82) is 0 Å². The summed E-state index contributed by atoms with van der Waals surface area (Å²) >= 11 is 0. The molecule has 0 spiro atoms. The van der Waals surface area contributed by atoms with E-state index in [0.29, 0.717) is 0 Å². The molecule has 0 aromatic carbocycles. The molecule has 0 saturated carbocycles. The van der Waals surface area contributed by atoms with E-state index in [4.69, 9.17) is 10.2 Å². The van der Waals surface area contributed by atoms with Gasteiger partial charge in [-0.3, -0.25) is 0 Å². The van der Waals surface area contributed by atoms with Crippen LogP contribution in [0.4, 0.5) is 0 Å². The standard InChI is InChI=1S/C2H4O3/c3-2(4)1-5-2/h3-4H,1H2. The average molecular weight is 76.1 g/mol. The second-order valence-electron chi connectivity index (χ2n) is 1.03. The molecule has 0 amide bonds. The van der Waals surface area contributed by atoms with Gasteiger partial charge in [0, 0.05) is 0 Å². The van der Waals surface area contributed by atoms with Gasteiger partial charge in [0.2, 0.25) is 0 Å². The van der Waals surface area contributed by atoms with Crippen LogP contribution in [-0.4, -0.2) is 22.8 Å². The number of hydrogen-bond donors (Lipinski definition) is 2. The maximum absolute atomic E-state index is 7.97. The first kappa shape index (κ1) is 3.08. The predicted molar refractivity (Wildman–Crippen MR) is 13.1 cm³/mol. The molecule has 3 heteroatoms. The Morgan fingerprint density at radius 1 is 1.60 bits per heavy atom. The van der Waals surface area contributed by atoms with Crippen molar-refractivity contribution in [1.82, 2.24) is 0 Å². The van der Waals surface area contributed by atoms with E-state index in [1.165, 1.54) is 0 Å². The SMILES string of the molecule is OC1(O)CO1. The lowest BCUT2D eigenvalue weighted by Crippen LogP contribution is -2.04. The van der Waals surface area contributed by atoms with Crippen molar-refractivity contribution in [3.8, 4) is 0 Å². The maximum atomic E-state index is 7.97. The van der Waals surface area contributed by atoms with Gasteiger partial charge in [-0.2, -0.15) is 0 Å². The molecule has 0 bridgehead atoms. The molecule has 1 aliphatic rings. The molecular formula is C2H4O3. The monoisotopic (exact) mass is 76.0 g/mol. The van der Waals surface area contributed by atoms with E-state index in [2.05, 4.69) is 4.74 Å². The van der Waals surface area contributed by atoms with Gasteiger partial charge in [-0.1, -0.05) is 0 Å². The fraction of sp³-hybridized carbons (Fsp3) is 1.00. The molecule has 0 atom stereocenters. The molecule has 0 aliphatic carbocycles. The molecule has 1 aliphatic heterocycles. The lowest BCUT2D eigenvalue weighted by atomic mass is 10.8. The molecule has 1 rings (SSSR count). The summed E-state index contributed by atoms with van der Waals surface area (Å²) in [5.41, 5.74) is 0. The van der Waals surface area contributed by atoms with E-state index < -0.39 is 5.97 Å². The zero-order valence-electron chi connectivity index (χ0n) is 2.51. The smallest absolute Gasteiger partial charge is 0.303 e. The number of ether oxygens (including phenoxy) is 1. The van der Waals surface area contributed by atoms with Crippen LogP contribution in [0.5, 0.6) is 0 Å². The van der Waals surface area contributed by atoms with Gasteiger partial charge in [0.25, 0.3) is 0 Å². The molecule has 0 radical (unpaired) electrons. The minimum Gasteiger partial charge on any atom is -0.342 e. The normalized spacial score (nSPS) is 30.0. The fourth-order valence-corrected chi connectivity index (χ4v) is 0.0645. The van der Waals surface area contributed by atoms with Gasteiger partial charge in [-0.05, 0) is 0 Å². The third-order valence-corrected chi connectivity index (χ3v) is 0.403. The highest BCUT2D eigenvalue weighted by Gasteiger charge is 2.39. The van der Waals surface area contributed by atoms with Crippen LogP contribution in [0.25, 0.3) is 0 Å². The van der Waals surface area contributed by atoms with Crippen LogP contribution in [-0.2, 0) is 4.74 Å². The Kier molecular flexibility index (Phi) is 0.320. The Balaban J connectivity index is 2.38. The second-order valence-corrected chi connectivity index (χ2v) is 1.03. The van der Waals surface area contributed by atoms with E-state index in [-0.39, 0.29) is 6.61 Å². The van der Waals surface area contributed by atoms with E-state index in [9.17, 15) is 0 Å². The predicted octanol–water partition coefficient (Wildman–Crippen LogP) is -1.35. The highest BCUT2D eigenvalue weighted by molar-refractivity contribution is 4.60. The van der Waals surface area contributed by atoms with Gasteiger partial charge in [-0.25, -0.2) is 0 Å². The van der Waals surface area contributed by atoms with Crippen LogP contribution in [0, 0.1) is 0 Å². The molecular weight excluding hydrogens is 72.0 g/mol. The average Bonchev–Trinajstić information content (AvgIpc) is 1.76. The summed E-state index contributed by atoms with van der Waals surface area (Å²) in [4.78, 5) is 0. The highest BCUT2D eigenvalue weighted by atomic mass is 16.8. The summed E-state index contributed by atoms with van der Waals surface area (Å²) in [6.07, 6.45) is 0. The van der Waals surface area contributed by atoms with Crippen LogP contribution < -0.4 is 0 Å². The van der Waals surface area contributed by atoms with Crippen molar-refractivity contribution in [2.24, 2.45) is 0 Å². The van der Waals surface area contributed by atoms with Crippen molar-refractivity contribution >= 4 is 0 Å². The summed E-state index contributed by atoms with van der Waals surface area (Å²) in [6.45, 7) is 0.0625. The summed E-state index contributed by atoms with van der Waals surface area (Å²) < 4.78 is 4.01. The molecule has 3 nitrogen and oxygen atoms in total. The zero-order valence-corrected chi connectivity index (χ0v) is 2.51. The van der Waals surface area contributed by atoms with Crippen molar-refractivity contribution < 1.29 is 14.9 Å². The van der Waals surface area contributed by atoms with Crippen LogP contribution in [0.15, 0.2) is 0 Å². The lowest BCUT2D eigenvalue weighted by molar-refractivity contribution is -0.148. The Morgan fingerprint density at radius 2 is 1.80 bits per heavy atom. The molecule has 0 aromatic heterocycles. The largest absolute Gasteiger partial charge is 0.342 e. The van der Waals surface area contributed by atoms with Crippen molar-refractivity contribution in [2.75, 3.05) is 6.61 Å². The van der Waals surface area contributed by atoms with Crippen LogP contribution in [0.1, 0.15) is 0 Å². The highest BCUT2D eigenvalue weighted by Crippen LogP contribution is 2.16. The van der Waals surface area contributed by atoms with Crippen molar-refractivity contribution in [2.45, 2.75) is 5.97 Å². The first-order valence-electron chi connectivity index (χ1n) is 1.29. The van der Waals surface area contributed by atoms with Crippen LogP contribution in [0.3, 0.4) is 0 Å². The van der Waals surface area contributed by atoms with Crippen molar-refractivity contribution in [3.63, 3.8) is 0 Å². The molecule has 0 aromatic rings. The number of aliphatic hydroxyl groups is 2. The number of hydrogen-bond acceptors (Lipinski definition) is 3. The minimum atomic E-state index is -1.75. The maximum Gasteiger partial charge on any atom is 0.303 e. The van der Waals surface area contributed by atoms with Gasteiger partial charge < -0.3 is 14.9 Å². The van der Waals surface area contributed by atoms with Gasteiger partial charge >= 0.3 is 5.97 Å². The molecule has 30 valence electrons. The van der Waals surface area contributed by atoms with Crippen molar-refractivity contribution in [3.05, 3.63) is 0 Å². The van der Waals surface area contributed by atoms with E-state index in [0.717, 1.165) is 0 Å². The Labute approximate surface area is 28.8 Å². The van der Waals surface area contributed by atoms with Gasteiger partial charge in [-0.15, -0.1) is 0 Å². The Morgan fingerprint density at radius 3 is 1.80 bits per heavy atom. The summed E-state index contributed by atoms with van der Waals surface area (Å²) in [7, 11) is 0. The Bertz CT molecular complexity index is 42.9. The number of rotatable bonds is 0. The molecule has 1 saturated heterocycles. The van der Waals surface area contributed by atoms with Crippen LogP contribution in [0.2, 0.25) is 0 Å². The lowest BCUT2D eigenvalue weighted by Gasteiger charge is -1.81. The fourth-order valence-electron chi connectivity index (χ4n) is 0.0645. The van der Waals surface area contributed by atoms with Gasteiger partial charge in [0.1, 0.15) is 6.61 Å². The minimum absolute atomic E-state index is 0.0625. The van der Waals surface area contributed by atoms with Gasteiger partial charge in [0.15, 0.2) is 0 Å². The van der Waals surface area contributed by atoms with E-state index in [1.54, 1.807) is 0 Å². The van der Waals surface area contributed by atoms with Crippen LogP contribution >= 0.6 is 0 Å².